The van der Waals surface area contributed by atoms with Crippen molar-refractivity contribution in [2.45, 2.75) is 6.42 Å². The molecule has 5 rings (SSSR count). The monoisotopic (exact) mass is 317 g/mol. The average molecular weight is 317 g/mol. The molecule has 0 saturated carbocycles. The van der Waals surface area contributed by atoms with Crippen LogP contribution < -0.4 is 10.7 Å². The third-order valence-electron chi connectivity index (χ3n) is 4.96. The first-order valence-electron chi connectivity index (χ1n) is 8.40. The lowest BCUT2D eigenvalue weighted by molar-refractivity contribution is 0.378. The van der Waals surface area contributed by atoms with E-state index in [2.05, 4.69) is 52.3 Å². The molecule has 4 aliphatic rings. The smallest absolute Gasteiger partial charge is 0.116 e. The van der Waals surface area contributed by atoms with Crippen LogP contribution in [-0.2, 0) is 0 Å². The molecule has 3 aliphatic heterocycles. The van der Waals surface area contributed by atoms with E-state index < -0.39 is 0 Å². The molecule has 0 aromatic heterocycles. The summed E-state index contributed by atoms with van der Waals surface area (Å²) in [6.07, 6.45) is 7.54. The molecule has 0 radical (unpaired) electrons. The predicted molar refractivity (Wildman–Crippen MR) is 96.9 cm³/mol. The molecule has 0 spiro atoms. The first-order valence-corrected chi connectivity index (χ1v) is 8.40. The van der Waals surface area contributed by atoms with Crippen LogP contribution in [0.4, 0.5) is 0 Å². The Balaban J connectivity index is 1.74. The summed E-state index contributed by atoms with van der Waals surface area (Å²) in [5.41, 5.74) is 12.7. The second-order valence-corrected chi connectivity index (χ2v) is 6.51. The zero-order chi connectivity index (χ0) is 16.1. The van der Waals surface area contributed by atoms with Crippen molar-refractivity contribution in [1.82, 2.24) is 15.8 Å². The SMILES string of the molecule is CN1CC(C2=CCNCC2)=C2NN=C3C=Cc4cccc(c43)C2=N1. The standard InChI is InChI=1S/C19H19N5/c1-24-11-15(12-7-9-20-10-8-12)18-19(23-24)14-4-2-3-13-5-6-16(17(13)14)21-22-18/h2-7,20,22H,8-11H2,1H3. The zero-order valence-corrected chi connectivity index (χ0v) is 13.6. The number of rotatable bonds is 1. The second kappa shape index (κ2) is 5.18. The van der Waals surface area contributed by atoms with E-state index in [9.17, 15) is 0 Å². The molecule has 0 fully saturated rings. The molecule has 0 amide bonds. The van der Waals surface area contributed by atoms with Crippen molar-refractivity contribution in [2.75, 3.05) is 26.7 Å². The van der Waals surface area contributed by atoms with Gasteiger partial charge in [-0.15, -0.1) is 0 Å². The molecule has 5 nitrogen and oxygen atoms in total. The highest BCUT2D eigenvalue weighted by Crippen LogP contribution is 2.32. The summed E-state index contributed by atoms with van der Waals surface area (Å²) in [7, 11) is 2.04. The number of fused-ring (bicyclic) bond motifs is 2. The lowest BCUT2D eigenvalue weighted by atomic mass is 9.91. The summed E-state index contributed by atoms with van der Waals surface area (Å²) < 4.78 is 0. The van der Waals surface area contributed by atoms with E-state index in [-0.39, 0.29) is 0 Å². The maximum Gasteiger partial charge on any atom is 0.116 e. The van der Waals surface area contributed by atoms with Gasteiger partial charge in [-0.25, -0.2) is 0 Å². The number of likely N-dealkylation sites (N-methyl/N-ethyl adjacent to an activating group) is 1. The molecule has 0 saturated heterocycles. The van der Waals surface area contributed by atoms with Gasteiger partial charge in [0.1, 0.15) is 5.71 Å². The van der Waals surface area contributed by atoms with E-state index >= 15 is 0 Å². The van der Waals surface area contributed by atoms with Gasteiger partial charge in [0.05, 0.1) is 18.0 Å². The molecule has 0 atom stereocenters. The van der Waals surface area contributed by atoms with E-state index in [4.69, 9.17) is 5.10 Å². The Morgan fingerprint density at radius 1 is 1.21 bits per heavy atom. The molecule has 120 valence electrons. The molecule has 5 heteroatoms. The van der Waals surface area contributed by atoms with Gasteiger partial charge in [-0.3, -0.25) is 10.4 Å². The topological polar surface area (TPSA) is 52.0 Å². The fourth-order valence-electron chi connectivity index (χ4n) is 3.83. The summed E-state index contributed by atoms with van der Waals surface area (Å²) in [4.78, 5) is 0. The van der Waals surface area contributed by atoms with Crippen LogP contribution in [0.2, 0.25) is 0 Å². The van der Waals surface area contributed by atoms with E-state index in [0.29, 0.717) is 0 Å². The lowest BCUT2D eigenvalue weighted by Gasteiger charge is -2.29. The number of hydrogen-bond donors (Lipinski definition) is 2. The van der Waals surface area contributed by atoms with Crippen molar-refractivity contribution >= 4 is 17.5 Å². The minimum Gasteiger partial charge on any atom is -0.313 e. The fourth-order valence-corrected chi connectivity index (χ4v) is 3.83. The van der Waals surface area contributed by atoms with Gasteiger partial charge in [0.2, 0.25) is 0 Å². The van der Waals surface area contributed by atoms with Gasteiger partial charge < -0.3 is 5.32 Å². The maximum atomic E-state index is 4.84. The van der Waals surface area contributed by atoms with Crippen LogP contribution in [0.5, 0.6) is 0 Å². The van der Waals surface area contributed by atoms with Crippen molar-refractivity contribution in [3.05, 3.63) is 63.9 Å². The van der Waals surface area contributed by atoms with E-state index in [1.807, 2.05) is 12.1 Å². The predicted octanol–water partition coefficient (Wildman–Crippen LogP) is 1.84. The Hall–Kier alpha value is -2.66. The first kappa shape index (κ1) is 13.7. The molecule has 2 N–H and O–H groups in total. The largest absolute Gasteiger partial charge is 0.313 e. The first-order chi connectivity index (χ1) is 11.8. The normalized spacial score (nSPS) is 21.4. The van der Waals surface area contributed by atoms with Crippen molar-refractivity contribution in [1.29, 1.82) is 0 Å². The van der Waals surface area contributed by atoms with Gasteiger partial charge in [-0.1, -0.05) is 30.4 Å². The Morgan fingerprint density at radius 2 is 2.17 bits per heavy atom. The van der Waals surface area contributed by atoms with E-state index in [1.165, 1.54) is 22.3 Å². The van der Waals surface area contributed by atoms with Gasteiger partial charge in [0.15, 0.2) is 0 Å². The zero-order valence-electron chi connectivity index (χ0n) is 13.6. The van der Waals surface area contributed by atoms with Crippen LogP contribution in [0.3, 0.4) is 0 Å². The molecular formula is C19H19N5. The minimum atomic E-state index is 0.813. The quantitative estimate of drug-likeness (QED) is 0.831. The molecule has 1 aliphatic carbocycles. The highest BCUT2D eigenvalue weighted by atomic mass is 15.5. The summed E-state index contributed by atoms with van der Waals surface area (Å²) in [6.45, 7) is 2.77. The highest BCUT2D eigenvalue weighted by Gasteiger charge is 2.30. The highest BCUT2D eigenvalue weighted by molar-refractivity contribution is 6.27. The third-order valence-corrected chi connectivity index (χ3v) is 4.96. The van der Waals surface area contributed by atoms with E-state index in [1.54, 1.807) is 0 Å². The third kappa shape index (κ3) is 1.98. The number of allylic oxidation sites excluding steroid dienone is 2. The van der Waals surface area contributed by atoms with Crippen LogP contribution >= 0.6 is 0 Å². The van der Waals surface area contributed by atoms with E-state index in [0.717, 1.165) is 48.7 Å². The number of nitrogens with zero attached hydrogens (tertiary/aromatic N) is 3. The average Bonchev–Trinajstić information content (AvgIpc) is 2.96. The van der Waals surface area contributed by atoms with Gasteiger partial charge >= 0.3 is 0 Å². The van der Waals surface area contributed by atoms with Crippen molar-refractivity contribution in [3.8, 4) is 0 Å². The molecule has 1 aromatic rings. The van der Waals surface area contributed by atoms with Crippen LogP contribution in [0.25, 0.3) is 6.08 Å². The summed E-state index contributed by atoms with van der Waals surface area (Å²) in [5, 5.41) is 14.9. The number of hydrazone groups is 2. The lowest BCUT2D eigenvalue weighted by Crippen LogP contribution is -2.33. The van der Waals surface area contributed by atoms with Crippen molar-refractivity contribution < 1.29 is 0 Å². The molecule has 0 unspecified atom stereocenters. The molecule has 0 bridgehead atoms. The second-order valence-electron chi connectivity index (χ2n) is 6.51. The molecular weight excluding hydrogens is 298 g/mol. The maximum absolute atomic E-state index is 4.84. The Labute approximate surface area is 141 Å². The molecule has 3 heterocycles. The van der Waals surface area contributed by atoms with Crippen LogP contribution in [0.15, 0.2) is 57.4 Å². The summed E-state index contributed by atoms with van der Waals surface area (Å²) >= 11 is 0. The number of benzene rings is 1. The minimum absolute atomic E-state index is 0.813. The Bertz CT molecular complexity index is 885. The summed E-state index contributed by atoms with van der Waals surface area (Å²) in [5.74, 6) is 0. The number of hydrogen-bond acceptors (Lipinski definition) is 5. The van der Waals surface area contributed by atoms with Gasteiger partial charge in [0.25, 0.3) is 0 Å². The van der Waals surface area contributed by atoms with Gasteiger partial charge in [-0.2, -0.15) is 10.2 Å². The van der Waals surface area contributed by atoms with Crippen LogP contribution in [0, 0.1) is 0 Å². The Morgan fingerprint density at radius 3 is 3.04 bits per heavy atom. The fraction of sp³-hybridized carbons (Fsp3) is 0.263. The number of nitrogens with one attached hydrogen (secondary N) is 2. The Kier molecular flexibility index (Phi) is 2.97. The summed E-state index contributed by atoms with van der Waals surface area (Å²) in [6, 6.07) is 6.39. The van der Waals surface area contributed by atoms with Crippen molar-refractivity contribution in [2.24, 2.45) is 10.2 Å². The van der Waals surface area contributed by atoms with Gasteiger partial charge in [-0.05, 0) is 30.2 Å². The van der Waals surface area contributed by atoms with Crippen LogP contribution in [0.1, 0.15) is 23.1 Å². The van der Waals surface area contributed by atoms with Crippen molar-refractivity contribution in [3.63, 3.8) is 0 Å². The molecule has 1 aromatic carbocycles. The van der Waals surface area contributed by atoms with Gasteiger partial charge in [0, 0.05) is 30.3 Å². The van der Waals surface area contributed by atoms with Crippen LogP contribution in [-0.4, -0.2) is 43.1 Å². The molecule has 24 heavy (non-hydrogen) atoms.